The Bertz CT molecular complexity index is 762. The first kappa shape index (κ1) is 18.8. The normalized spacial score (nSPS) is 19.7. The van der Waals surface area contributed by atoms with Gasteiger partial charge in [-0.05, 0) is 36.1 Å². The van der Waals surface area contributed by atoms with Gasteiger partial charge in [0.2, 0.25) is 5.91 Å². The van der Waals surface area contributed by atoms with Gasteiger partial charge < -0.3 is 14.5 Å². The van der Waals surface area contributed by atoms with Crippen LogP contribution < -0.4 is 4.74 Å². The molecule has 1 fully saturated rings. The van der Waals surface area contributed by atoms with Crippen LogP contribution >= 0.6 is 23.1 Å². The molecular weight excluding hydrogens is 368 g/mol. The predicted molar refractivity (Wildman–Crippen MR) is 106 cm³/mol. The highest BCUT2D eigenvalue weighted by Crippen LogP contribution is 2.42. The molecule has 0 spiro atoms. The maximum Gasteiger partial charge on any atom is 0.263 e. The second kappa shape index (κ2) is 8.14. The summed E-state index contributed by atoms with van der Waals surface area (Å²) in [5, 5.41) is 1.78. The third-order valence-electron chi connectivity index (χ3n) is 4.40. The van der Waals surface area contributed by atoms with Crippen LogP contribution in [0.4, 0.5) is 0 Å². The third-order valence-corrected chi connectivity index (χ3v) is 6.66. The Hall–Kier alpha value is -1.99. The van der Waals surface area contributed by atoms with E-state index in [1.807, 2.05) is 53.6 Å². The van der Waals surface area contributed by atoms with Crippen LogP contribution in [0.25, 0.3) is 0 Å². The van der Waals surface area contributed by atoms with E-state index >= 15 is 0 Å². The van der Waals surface area contributed by atoms with Crippen LogP contribution in [0, 0.1) is 0 Å². The smallest absolute Gasteiger partial charge is 0.263 e. The molecule has 2 amide bonds. The Kier molecular flexibility index (Phi) is 5.88. The van der Waals surface area contributed by atoms with Crippen molar-refractivity contribution < 1.29 is 14.3 Å². The van der Waals surface area contributed by atoms with Gasteiger partial charge in [0, 0.05) is 20.1 Å². The summed E-state index contributed by atoms with van der Waals surface area (Å²) in [7, 11) is 3.42. The van der Waals surface area contributed by atoms with Crippen molar-refractivity contribution in [2.75, 3.05) is 27.2 Å². The van der Waals surface area contributed by atoms with Crippen LogP contribution in [0.3, 0.4) is 0 Å². The summed E-state index contributed by atoms with van der Waals surface area (Å²) in [5.74, 6) is 0.907. The summed E-state index contributed by atoms with van der Waals surface area (Å²) in [6.45, 7) is 2.95. The maximum atomic E-state index is 12.6. The first-order chi connectivity index (χ1) is 12.5. The largest absolute Gasteiger partial charge is 0.497 e. The maximum absolute atomic E-state index is 12.6. The molecular formula is C19H22N2O3S2. The molecule has 0 radical (unpaired) electrons. The van der Waals surface area contributed by atoms with Crippen molar-refractivity contribution in [3.63, 3.8) is 0 Å². The molecule has 26 heavy (non-hydrogen) atoms. The zero-order valence-corrected chi connectivity index (χ0v) is 16.7. The van der Waals surface area contributed by atoms with Crippen molar-refractivity contribution in [2.45, 2.75) is 17.5 Å². The molecule has 1 aromatic carbocycles. The van der Waals surface area contributed by atoms with E-state index in [0.717, 1.165) is 16.2 Å². The molecule has 2 atom stereocenters. The topological polar surface area (TPSA) is 49.9 Å². The van der Waals surface area contributed by atoms with Gasteiger partial charge in [0.1, 0.15) is 11.1 Å². The van der Waals surface area contributed by atoms with E-state index in [9.17, 15) is 9.59 Å². The van der Waals surface area contributed by atoms with Gasteiger partial charge >= 0.3 is 0 Å². The molecule has 1 aliphatic heterocycles. The molecule has 1 saturated heterocycles. The van der Waals surface area contributed by atoms with Crippen LogP contribution in [0.5, 0.6) is 5.75 Å². The van der Waals surface area contributed by atoms with E-state index in [0.29, 0.717) is 13.1 Å². The monoisotopic (exact) mass is 390 g/mol. The summed E-state index contributed by atoms with van der Waals surface area (Å²) >= 11 is 3.07. The second-order valence-corrected chi connectivity index (χ2v) is 8.51. The van der Waals surface area contributed by atoms with Gasteiger partial charge in [-0.2, -0.15) is 0 Å². The molecule has 2 heterocycles. The molecule has 1 aliphatic rings. The van der Waals surface area contributed by atoms with Crippen LogP contribution in [-0.4, -0.2) is 54.1 Å². The summed E-state index contributed by atoms with van der Waals surface area (Å²) in [4.78, 5) is 29.3. The van der Waals surface area contributed by atoms with E-state index < -0.39 is 0 Å². The Labute approximate surface area is 161 Å². The third kappa shape index (κ3) is 3.88. The fraction of sp³-hybridized carbons (Fsp3) is 0.368. The molecule has 3 rings (SSSR count). The SMILES string of the molecule is COc1ccc(C2SC(C)C(=O)N2CCN(C)C(=O)c2cccs2)cc1. The average Bonchev–Trinajstić information content (AvgIpc) is 3.29. The van der Waals surface area contributed by atoms with Gasteiger partial charge in [0.25, 0.3) is 5.91 Å². The van der Waals surface area contributed by atoms with Crippen LogP contribution in [-0.2, 0) is 4.79 Å². The number of nitrogens with zero attached hydrogens (tertiary/aromatic N) is 2. The van der Waals surface area contributed by atoms with Crippen molar-refractivity contribution in [2.24, 2.45) is 0 Å². The minimum absolute atomic E-state index is 0.00616. The lowest BCUT2D eigenvalue weighted by molar-refractivity contribution is -0.129. The van der Waals surface area contributed by atoms with Crippen molar-refractivity contribution in [3.05, 3.63) is 52.2 Å². The highest BCUT2D eigenvalue weighted by Gasteiger charge is 2.38. The van der Waals surface area contributed by atoms with Crippen LogP contribution in [0.15, 0.2) is 41.8 Å². The first-order valence-corrected chi connectivity index (χ1v) is 10.2. The van der Waals surface area contributed by atoms with Crippen molar-refractivity contribution in [3.8, 4) is 5.75 Å². The molecule has 0 N–H and O–H groups in total. The van der Waals surface area contributed by atoms with Gasteiger partial charge in [-0.1, -0.05) is 18.2 Å². The molecule has 5 nitrogen and oxygen atoms in total. The number of likely N-dealkylation sites (N-methyl/N-ethyl adjacent to an activating group) is 1. The Morgan fingerprint density at radius 1 is 1.27 bits per heavy atom. The number of rotatable bonds is 6. The number of carbonyl (C=O) groups excluding carboxylic acids is 2. The summed E-state index contributed by atoms with van der Waals surface area (Å²) in [6.07, 6.45) is 0. The summed E-state index contributed by atoms with van der Waals surface area (Å²) in [6, 6.07) is 11.5. The highest BCUT2D eigenvalue weighted by atomic mass is 32.2. The molecule has 0 aliphatic carbocycles. The number of methoxy groups -OCH3 is 1. The Morgan fingerprint density at radius 2 is 2.00 bits per heavy atom. The lowest BCUT2D eigenvalue weighted by atomic mass is 10.2. The molecule has 0 saturated carbocycles. The molecule has 138 valence electrons. The van der Waals surface area contributed by atoms with E-state index in [2.05, 4.69) is 0 Å². The van der Waals surface area contributed by atoms with Crippen molar-refractivity contribution >= 4 is 34.9 Å². The Morgan fingerprint density at radius 3 is 2.62 bits per heavy atom. The summed E-state index contributed by atoms with van der Waals surface area (Å²) < 4.78 is 5.21. The van der Waals surface area contributed by atoms with Crippen LogP contribution in [0.1, 0.15) is 27.5 Å². The molecule has 1 aromatic heterocycles. The predicted octanol–water partition coefficient (Wildman–Crippen LogP) is 3.49. The minimum Gasteiger partial charge on any atom is -0.497 e. The number of benzene rings is 1. The van der Waals surface area contributed by atoms with Gasteiger partial charge in [-0.3, -0.25) is 9.59 Å². The van der Waals surface area contributed by atoms with E-state index in [-0.39, 0.29) is 22.4 Å². The number of carbonyl (C=O) groups is 2. The fourth-order valence-corrected chi connectivity index (χ4v) is 4.90. The number of hydrogen-bond donors (Lipinski definition) is 0. The van der Waals surface area contributed by atoms with Gasteiger partial charge in [-0.25, -0.2) is 0 Å². The number of amides is 2. The van der Waals surface area contributed by atoms with Crippen molar-refractivity contribution in [1.29, 1.82) is 0 Å². The standard InChI is InChI=1S/C19H22N2O3S2/c1-13-17(22)21(11-10-20(2)18(23)16-5-4-12-25-16)19(26-13)14-6-8-15(24-3)9-7-14/h4-9,12-13,19H,10-11H2,1-3H3. The lowest BCUT2D eigenvalue weighted by Crippen LogP contribution is -2.38. The van der Waals surface area contributed by atoms with Gasteiger partial charge in [-0.15, -0.1) is 23.1 Å². The number of ether oxygens (including phenoxy) is 1. The second-order valence-electron chi connectivity index (χ2n) is 6.14. The fourth-order valence-electron chi connectivity index (χ4n) is 2.88. The van der Waals surface area contributed by atoms with Crippen molar-refractivity contribution in [1.82, 2.24) is 9.80 Å². The first-order valence-electron chi connectivity index (χ1n) is 8.40. The zero-order valence-electron chi connectivity index (χ0n) is 15.0. The molecule has 0 bridgehead atoms. The average molecular weight is 391 g/mol. The Balaban J connectivity index is 1.69. The van der Waals surface area contributed by atoms with Crippen LogP contribution in [0.2, 0.25) is 0 Å². The van der Waals surface area contributed by atoms with Gasteiger partial charge in [0.05, 0.1) is 17.2 Å². The van der Waals surface area contributed by atoms with E-state index in [1.165, 1.54) is 11.3 Å². The quantitative estimate of drug-likeness (QED) is 0.758. The van der Waals surface area contributed by atoms with E-state index in [1.54, 1.807) is 30.8 Å². The van der Waals surface area contributed by atoms with Gasteiger partial charge in [0.15, 0.2) is 0 Å². The minimum atomic E-state index is -0.0830. The van der Waals surface area contributed by atoms with E-state index in [4.69, 9.17) is 4.74 Å². The lowest BCUT2D eigenvalue weighted by Gasteiger charge is -2.27. The molecule has 2 unspecified atom stereocenters. The highest BCUT2D eigenvalue weighted by molar-refractivity contribution is 8.01. The number of thioether (sulfide) groups is 1. The number of hydrogen-bond acceptors (Lipinski definition) is 5. The molecule has 2 aromatic rings. The molecule has 7 heteroatoms. The zero-order chi connectivity index (χ0) is 18.7. The summed E-state index contributed by atoms with van der Waals surface area (Å²) in [5.41, 5.74) is 1.07. The number of thiophene rings is 1.